The van der Waals surface area contributed by atoms with Crippen LogP contribution < -0.4 is 5.32 Å². The molecular weight excluding hydrogens is 477 g/mol. The molecule has 3 aliphatic heterocycles. The van der Waals surface area contributed by atoms with E-state index in [2.05, 4.69) is 10.2 Å². The maximum absolute atomic E-state index is 14.5. The van der Waals surface area contributed by atoms with Crippen LogP contribution >= 0.6 is 0 Å². The SMILES string of the molecule is COCCN1CCC(c2ccc(C(=O)N[C@H](C(=O)N3C[C@@H](F)[C@H]4OCC(=O)[C@H]43)C3CCCC3)cc2)CC1. The zero-order valence-corrected chi connectivity index (χ0v) is 21.6. The van der Waals surface area contributed by atoms with E-state index in [1.807, 2.05) is 24.3 Å². The minimum absolute atomic E-state index is 0.0199. The molecule has 0 bridgehead atoms. The molecule has 0 unspecified atom stereocenters. The van der Waals surface area contributed by atoms with Gasteiger partial charge in [0.25, 0.3) is 5.91 Å². The maximum Gasteiger partial charge on any atom is 0.251 e. The zero-order valence-electron chi connectivity index (χ0n) is 21.6. The van der Waals surface area contributed by atoms with Crippen molar-refractivity contribution >= 4 is 17.6 Å². The van der Waals surface area contributed by atoms with E-state index in [1.165, 1.54) is 10.5 Å². The predicted molar refractivity (Wildman–Crippen MR) is 135 cm³/mol. The van der Waals surface area contributed by atoms with Gasteiger partial charge in [-0.15, -0.1) is 0 Å². The highest BCUT2D eigenvalue weighted by atomic mass is 19.1. The van der Waals surface area contributed by atoms with Gasteiger partial charge in [-0.1, -0.05) is 25.0 Å². The fraction of sp³-hybridized carbons (Fsp3) is 0.679. The molecule has 1 N–H and O–H groups in total. The third-order valence-corrected chi connectivity index (χ3v) is 8.67. The van der Waals surface area contributed by atoms with Gasteiger partial charge in [-0.05, 0) is 68.3 Å². The first-order chi connectivity index (χ1) is 18.0. The molecule has 1 aliphatic carbocycles. The van der Waals surface area contributed by atoms with Crippen LogP contribution in [0.25, 0.3) is 0 Å². The second-order valence-electron chi connectivity index (χ2n) is 10.9. The fourth-order valence-corrected chi connectivity index (χ4v) is 6.52. The van der Waals surface area contributed by atoms with Gasteiger partial charge in [0.2, 0.25) is 5.91 Å². The Bertz CT molecular complexity index is 975. The van der Waals surface area contributed by atoms with Crippen LogP contribution in [0.3, 0.4) is 0 Å². The van der Waals surface area contributed by atoms with Crippen molar-refractivity contribution in [3.8, 4) is 0 Å². The van der Waals surface area contributed by atoms with E-state index in [0.717, 1.165) is 64.8 Å². The summed E-state index contributed by atoms with van der Waals surface area (Å²) in [7, 11) is 1.73. The number of rotatable bonds is 8. The fourth-order valence-electron chi connectivity index (χ4n) is 6.52. The summed E-state index contributed by atoms with van der Waals surface area (Å²) in [6.07, 6.45) is 3.49. The van der Waals surface area contributed by atoms with E-state index in [4.69, 9.17) is 9.47 Å². The van der Waals surface area contributed by atoms with Gasteiger partial charge in [0.1, 0.15) is 31.0 Å². The molecule has 1 aromatic carbocycles. The quantitative estimate of drug-likeness (QED) is 0.572. The first-order valence-electron chi connectivity index (χ1n) is 13.7. The maximum atomic E-state index is 14.5. The molecule has 37 heavy (non-hydrogen) atoms. The lowest BCUT2D eigenvalue weighted by Gasteiger charge is -2.32. The van der Waals surface area contributed by atoms with Gasteiger partial charge in [-0.2, -0.15) is 0 Å². The molecule has 2 amide bonds. The van der Waals surface area contributed by atoms with Crippen molar-refractivity contribution in [2.24, 2.45) is 5.92 Å². The topological polar surface area (TPSA) is 88.2 Å². The molecule has 3 heterocycles. The largest absolute Gasteiger partial charge is 0.383 e. The Morgan fingerprint density at radius 3 is 2.51 bits per heavy atom. The van der Waals surface area contributed by atoms with Crippen molar-refractivity contribution in [2.75, 3.05) is 46.5 Å². The number of likely N-dealkylation sites (tertiary alicyclic amines) is 2. The van der Waals surface area contributed by atoms with Gasteiger partial charge in [-0.3, -0.25) is 14.4 Å². The molecule has 0 aromatic heterocycles. The normalized spacial score (nSPS) is 28.0. The Kier molecular flexibility index (Phi) is 8.21. The number of carbonyl (C=O) groups excluding carboxylic acids is 3. The summed E-state index contributed by atoms with van der Waals surface area (Å²) < 4.78 is 25.0. The van der Waals surface area contributed by atoms with Crippen molar-refractivity contribution in [3.63, 3.8) is 0 Å². The lowest BCUT2D eigenvalue weighted by Crippen LogP contribution is -2.54. The molecule has 1 aromatic rings. The summed E-state index contributed by atoms with van der Waals surface area (Å²) >= 11 is 0. The van der Waals surface area contributed by atoms with Crippen LogP contribution in [0, 0.1) is 5.92 Å². The molecule has 5 rings (SSSR count). The molecule has 202 valence electrons. The number of carbonyl (C=O) groups is 3. The zero-order chi connectivity index (χ0) is 25.9. The van der Waals surface area contributed by atoms with Gasteiger partial charge in [-0.25, -0.2) is 4.39 Å². The second-order valence-corrected chi connectivity index (χ2v) is 10.9. The van der Waals surface area contributed by atoms with Crippen molar-refractivity contribution in [1.29, 1.82) is 0 Å². The standard InChI is InChI=1S/C28H38FN3O5/c1-36-15-14-31-12-10-19(11-13-31)18-6-8-21(9-7-18)27(34)30-24(20-4-2-3-5-20)28(35)32-16-22(29)26-25(32)23(33)17-37-26/h6-9,19-20,22,24-26H,2-5,10-17H2,1H3,(H,30,34)/t22-,24+,25-,26-/m1/s1. The van der Waals surface area contributed by atoms with Crippen LogP contribution in [0.4, 0.5) is 4.39 Å². The van der Waals surface area contributed by atoms with Gasteiger partial charge >= 0.3 is 0 Å². The molecule has 4 atom stereocenters. The van der Waals surface area contributed by atoms with Crippen LogP contribution in [0.2, 0.25) is 0 Å². The first kappa shape index (κ1) is 26.3. The number of alkyl halides is 1. The number of fused-ring (bicyclic) bond motifs is 1. The monoisotopic (exact) mass is 515 g/mol. The minimum Gasteiger partial charge on any atom is -0.383 e. The van der Waals surface area contributed by atoms with E-state index in [0.29, 0.717) is 11.5 Å². The lowest BCUT2D eigenvalue weighted by molar-refractivity contribution is -0.139. The van der Waals surface area contributed by atoms with Crippen LogP contribution in [0.15, 0.2) is 24.3 Å². The molecule has 0 radical (unpaired) electrons. The summed E-state index contributed by atoms with van der Waals surface area (Å²) in [5, 5.41) is 2.96. The number of hydrogen-bond donors (Lipinski definition) is 1. The molecule has 4 fully saturated rings. The second kappa shape index (κ2) is 11.6. The number of nitrogens with zero attached hydrogens (tertiary/aromatic N) is 2. The summed E-state index contributed by atoms with van der Waals surface area (Å²) in [6.45, 7) is 3.43. The number of benzene rings is 1. The van der Waals surface area contributed by atoms with Crippen LogP contribution in [-0.2, 0) is 19.1 Å². The van der Waals surface area contributed by atoms with Crippen molar-refractivity contribution < 1.29 is 28.2 Å². The Morgan fingerprint density at radius 1 is 1.14 bits per heavy atom. The molecule has 0 spiro atoms. The summed E-state index contributed by atoms with van der Waals surface area (Å²) in [4.78, 5) is 42.9. The van der Waals surface area contributed by atoms with E-state index in [9.17, 15) is 18.8 Å². The highest BCUT2D eigenvalue weighted by Crippen LogP contribution is 2.34. The number of ether oxygens (including phenoxy) is 2. The molecule has 1 saturated carbocycles. The number of methoxy groups -OCH3 is 1. The van der Waals surface area contributed by atoms with E-state index in [-0.39, 0.29) is 36.7 Å². The summed E-state index contributed by atoms with van der Waals surface area (Å²) in [5.41, 5.74) is 1.73. The Morgan fingerprint density at radius 2 is 1.84 bits per heavy atom. The molecule has 4 aliphatic rings. The third kappa shape index (κ3) is 5.59. The molecule has 3 saturated heterocycles. The van der Waals surface area contributed by atoms with Crippen molar-refractivity contribution in [2.45, 2.75) is 68.8 Å². The van der Waals surface area contributed by atoms with Crippen molar-refractivity contribution in [1.82, 2.24) is 15.1 Å². The van der Waals surface area contributed by atoms with E-state index >= 15 is 0 Å². The highest BCUT2D eigenvalue weighted by Gasteiger charge is 2.54. The summed E-state index contributed by atoms with van der Waals surface area (Å²) in [5.74, 6) is -0.505. The Balaban J connectivity index is 1.24. The predicted octanol–water partition coefficient (Wildman–Crippen LogP) is 2.32. The van der Waals surface area contributed by atoms with Gasteiger partial charge in [0.05, 0.1) is 13.2 Å². The number of Topliss-reactive ketones (excluding diaryl/α,β-unsaturated/α-hetero) is 1. The highest BCUT2D eigenvalue weighted by molar-refractivity contribution is 5.99. The van der Waals surface area contributed by atoms with Gasteiger partial charge < -0.3 is 24.6 Å². The number of halogens is 1. The average molecular weight is 516 g/mol. The van der Waals surface area contributed by atoms with Crippen molar-refractivity contribution in [3.05, 3.63) is 35.4 Å². The average Bonchev–Trinajstić information content (AvgIpc) is 3.66. The molecular formula is C28H38FN3O5. The van der Waals surface area contributed by atoms with Crippen LogP contribution in [0.1, 0.15) is 60.4 Å². The van der Waals surface area contributed by atoms with Crippen LogP contribution in [0.5, 0.6) is 0 Å². The Labute approximate surface area is 217 Å². The number of ketones is 1. The number of nitrogens with one attached hydrogen (secondary N) is 1. The Hall–Kier alpha value is -2.36. The van der Waals surface area contributed by atoms with Gasteiger partial charge in [0.15, 0.2) is 5.78 Å². The van der Waals surface area contributed by atoms with Gasteiger partial charge in [0, 0.05) is 19.2 Å². The van der Waals surface area contributed by atoms with E-state index in [1.54, 1.807) is 7.11 Å². The third-order valence-electron chi connectivity index (χ3n) is 8.67. The minimum atomic E-state index is -1.39. The molecule has 8 nitrogen and oxygen atoms in total. The van der Waals surface area contributed by atoms with E-state index < -0.39 is 24.4 Å². The first-order valence-corrected chi connectivity index (χ1v) is 13.7. The lowest BCUT2D eigenvalue weighted by atomic mass is 9.89. The smallest absolute Gasteiger partial charge is 0.251 e. The molecule has 9 heteroatoms. The number of amides is 2. The summed E-state index contributed by atoms with van der Waals surface area (Å²) in [6, 6.07) is 6.04. The number of piperidine rings is 1. The number of hydrogen-bond acceptors (Lipinski definition) is 6. The van der Waals surface area contributed by atoms with Crippen LogP contribution in [-0.4, -0.2) is 98.3 Å².